The molecule has 0 radical (unpaired) electrons. The summed E-state index contributed by atoms with van der Waals surface area (Å²) in [6, 6.07) is 23.5. The van der Waals surface area contributed by atoms with Gasteiger partial charge in [-0.2, -0.15) is 0 Å². The molecular formula is C38H46N4O6. The molecule has 3 aliphatic heterocycles. The number of piperidine rings is 3. The van der Waals surface area contributed by atoms with E-state index in [2.05, 4.69) is 27.3 Å². The molecule has 3 aliphatic rings. The molecule has 10 heteroatoms. The molecule has 1 aromatic heterocycles. The van der Waals surface area contributed by atoms with Crippen LogP contribution in [-0.2, 0) is 0 Å². The third-order valence-corrected chi connectivity index (χ3v) is 9.95. The van der Waals surface area contributed by atoms with Gasteiger partial charge in [0.05, 0.1) is 30.0 Å². The predicted octanol–water partition coefficient (Wildman–Crippen LogP) is 6.06. The molecule has 3 saturated heterocycles. The Bertz CT molecular complexity index is 1720. The number of hydrogen-bond donors (Lipinski definition) is 5. The Balaban J connectivity index is 0.973. The second-order valence-corrected chi connectivity index (χ2v) is 13.1. The number of nitrogens with zero attached hydrogens (tertiary/aromatic N) is 2. The third-order valence-electron chi connectivity index (χ3n) is 9.95. The summed E-state index contributed by atoms with van der Waals surface area (Å²) >= 11 is 0. The summed E-state index contributed by atoms with van der Waals surface area (Å²) in [5.41, 5.74) is 2.33. The Labute approximate surface area is 281 Å². The molecule has 3 atom stereocenters. The van der Waals surface area contributed by atoms with Crippen molar-refractivity contribution in [2.24, 2.45) is 11.8 Å². The highest BCUT2D eigenvalue weighted by Crippen LogP contribution is 2.44. The van der Waals surface area contributed by atoms with Crippen LogP contribution in [0.1, 0.15) is 61.8 Å². The quantitative estimate of drug-likeness (QED) is 0.0976. The molecule has 48 heavy (non-hydrogen) atoms. The average molecular weight is 655 g/mol. The summed E-state index contributed by atoms with van der Waals surface area (Å²) in [5.74, 6) is 1.38. The number of aliphatic hydroxyl groups is 1. The fraction of sp³-hybridized carbons (Fsp3) is 0.421. The molecule has 2 bridgehead atoms. The smallest absolute Gasteiger partial charge is 0.412 e. The molecule has 1 unspecified atom stereocenters. The summed E-state index contributed by atoms with van der Waals surface area (Å²) in [5, 5.41) is 35.3. The van der Waals surface area contributed by atoms with Gasteiger partial charge in [-0.3, -0.25) is 9.69 Å². The first-order chi connectivity index (χ1) is 23.4. The average Bonchev–Trinajstić information content (AvgIpc) is 3.11. The van der Waals surface area contributed by atoms with Gasteiger partial charge in [0, 0.05) is 30.6 Å². The lowest BCUT2D eigenvalue weighted by molar-refractivity contribution is 0.0358. The number of unbranched alkanes of at least 4 members (excludes halogenated alkanes) is 3. The fourth-order valence-electron chi connectivity index (χ4n) is 7.51. The van der Waals surface area contributed by atoms with Crippen molar-refractivity contribution in [2.75, 3.05) is 44.2 Å². The number of aromatic hydroxyl groups is 1. The van der Waals surface area contributed by atoms with Crippen molar-refractivity contribution >= 4 is 22.7 Å². The summed E-state index contributed by atoms with van der Waals surface area (Å²) in [6.07, 6.45) is 4.30. The number of phenolic OH excluding ortho intramolecular Hbond substituents is 1. The van der Waals surface area contributed by atoms with Gasteiger partial charge in [0.1, 0.15) is 11.5 Å². The van der Waals surface area contributed by atoms with Crippen molar-refractivity contribution < 1.29 is 24.9 Å². The van der Waals surface area contributed by atoms with Crippen LogP contribution >= 0.6 is 0 Å². The minimum atomic E-state index is -0.952. The number of hydrogen-bond acceptors (Lipinski definition) is 7. The summed E-state index contributed by atoms with van der Waals surface area (Å²) in [6.45, 7) is 4.76. The number of aliphatic hydroxyl groups excluding tert-OH is 1. The number of nitrogens with one attached hydrogen (secondary N) is 2. The predicted molar refractivity (Wildman–Crippen MR) is 187 cm³/mol. The number of anilines is 1. The molecule has 0 aliphatic carbocycles. The largest absolute Gasteiger partial charge is 0.506 e. The Morgan fingerprint density at radius 2 is 1.77 bits per heavy atom. The maximum atomic E-state index is 12.9. The van der Waals surface area contributed by atoms with Crippen LogP contribution < -0.4 is 20.5 Å². The Kier molecular flexibility index (Phi) is 10.9. The zero-order valence-electron chi connectivity index (χ0n) is 27.3. The van der Waals surface area contributed by atoms with Crippen molar-refractivity contribution in [1.29, 1.82) is 0 Å². The molecule has 4 aromatic rings. The number of pyridine rings is 1. The number of aromatic amines is 1. The van der Waals surface area contributed by atoms with E-state index in [1.165, 1.54) is 12.1 Å². The number of rotatable bonds is 15. The van der Waals surface area contributed by atoms with E-state index < -0.39 is 12.2 Å². The first-order valence-electron chi connectivity index (χ1n) is 17.1. The lowest BCUT2D eigenvalue weighted by Gasteiger charge is -2.49. The number of H-pyrrole nitrogens is 1. The van der Waals surface area contributed by atoms with E-state index >= 15 is 0 Å². The molecule has 7 rings (SSSR count). The van der Waals surface area contributed by atoms with Crippen LogP contribution in [0.3, 0.4) is 0 Å². The van der Waals surface area contributed by atoms with E-state index in [0.29, 0.717) is 47.0 Å². The van der Waals surface area contributed by atoms with Crippen LogP contribution in [0, 0.1) is 11.8 Å². The van der Waals surface area contributed by atoms with Crippen molar-refractivity contribution in [2.45, 2.75) is 50.7 Å². The van der Waals surface area contributed by atoms with Gasteiger partial charge in [-0.1, -0.05) is 55.3 Å². The minimum Gasteiger partial charge on any atom is -0.506 e. The standard InChI is InChI=1S/C38H46N4O6/c43-33-15-13-30(31-14-16-35(45)40-36(31)33)34(44)24-39-19-6-1-2-7-22-48-29-12-8-11-28(23-29)42(38(46)47)37(27-9-4-3-5-10-27)32-25-41-20-17-26(32)18-21-41/h3-5,8-16,23,26,32,34,37,39,43-44H,1-2,6-7,17-22,24-25H2,(H,40,45)(H,46,47)/t32?,34-,37-/m0/s1. The van der Waals surface area contributed by atoms with E-state index in [0.717, 1.165) is 70.3 Å². The number of carboxylic acid groups (broad SMARTS) is 1. The highest BCUT2D eigenvalue weighted by Gasteiger charge is 2.43. The first-order valence-corrected chi connectivity index (χ1v) is 17.1. The van der Waals surface area contributed by atoms with Gasteiger partial charge >= 0.3 is 6.09 Å². The van der Waals surface area contributed by atoms with E-state index in [1.54, 1.807) is 17.0 Å². The second kappa shape index (κ2) is 15.7. The number of amides is 1. The third kappa shape index (κ3) is 7.84. The van der Waals surface area contributed by atoms with Crippen LogP contribution in [0.15, 0.2) is 83.7 Å². The summed E-state index contributed by atoms with van der Waals surface area (Å²) in [4.78, 5) is 31.2. The van der Waals surface area contributed by atoms with Gasteiger partial charge in [0.15, 0.2) is 0 Å². The normalized spacial score (nSPS) is 20.0. The molecule has 1 amide bonds. The highest BCUT2D eigenvalue weighted by atomic mass is 16.5. The Morgan fingerprint density at radius 1 is 0.979 bits per heavy atom. The molecule has 0 spiro atoms. The van der Waals surface area contributed by atoms with E-state index in [-0.39, 0.29) is 23.3 Å². The Morgan fingerprint density at radius 3 is 2.52 bits per heavy atom. The SMILES string of the molecule is O=C(O)N(c1cccc(OCCCCCCNC[C@H](O)c2ccc(O)c3[nH]c(=O)ccc23)c1)[C@@H](c1ccccc1)C1CN2CCC1CC2. The number of aromatic nitrogens is 1. The zero-order chi connectivity index (χ0) is 33.5. The maximum absolute atomic E-state index is 12.9. The van der Waals surface area contributed by atoms with Gasteiger partial charge in [-0.15, -0.1) is 0 Å². The van der Waals surface area contributed by atoms with Crippen molar-refractivity contribution in [3.05, 3.63) is 100 Å². The van der Waals surface area contributed by atoms with Gasteiger partial charge < -0.3 is 35.3 Å². The van der Waals surface area contributed by atoms with Crippen LogP contribution in [-0.4, -0.2) is 70.6 Å². The molecule has 0 saturated carbocycles. The maximum Gasteiger partial charge on any atom is 0.412 e. The molecule has 3 fully saturated rings. The molecule has 254 valence electrons. The van der Waals surface area contributed by atoms with E-state index in [9.17, 15) is 24.9 Å². The summed E-state index contributed by atoms with van der Waals surface area (Å²) < 4.78 is 6.10. The van der Waals surface area contributed by atoms with Crippen molar-refractivity contribution in [3.63, 3.8) is 0 Å². The van der Waals surface area contributed by atoms with Crippen LogP contribution in [0.25, 0.3) is 10.9 Å². The second-order valence-electron chi connectivity index (χ2n) is 13.1. The number of ether oxygens (including phenoxy) is 1. The number of carbonyl (C=O) groups is 1. The van der Waals surface area contributed by atoms with Crippen LogP contribution in [0.5, 0.6) is 11.5 Å². The van der Waals surface area contributed by atoms with Gasteiger partial charge in [-0.25, -0.2) is 4.79 Å². The van der Waals surface area contributed by atoms with E-state index in [1.807, 2.05) is 42.5 Å². The highest BCUT2D eigenvalue weighted by molar-refractivity contribution is 5.88. The minimum absolute atomic E-state index is 0.0260. The zero-order valence-corrected chi connectivity index (χ0v) is 27.3. The number of phenols is 1. The number of fused-ring (bicyclic) bond motifs is 4. The Hall–Kier alpha value is -4.38. The van der Waals surface area contributed by atoms with Crippen molar-refractivity contribution in [1.82, 2.24) is 15.2 Å². The van der Waals surface area contributed by atoms with E-state index in [4.69, 9.17) is 4.74 Å². The summed E-state index contributed by atoms with van der Waals surface area (Å²) in [7, 11) is 0. The molecule has 5 N–H and O–H groups in total. The fourth-order valence-corrected chi connectivity index (χ4v) is 7.51. The molecule has 10 nitrogen and oxygen atoms in total. The lowest BCUT2D eigenvalue weighted by atomic mass is 9.73. The molecular weight excluding hydrogens is 608 g/mol. The van der Waals surface area contributed by atoms with Gasteiger partial charge in [0.25, 0.3) is 0 Å². The monoisotopic (exact) mass is 654 g/mol. The van der Waals surface area contributed by atoms with Crippen molar-refractivity contribution in [3.8, 4) is 11.5 Å². The molecule has 3 aromatic carbocycles. The van der Waals surface area contributed by atoms with Gasteiger partial charge in [-0.05, 0) is 92.5 Å². The van der Waals surface area contributed by atoms with Crippen LogP contribution in [0.4, 0.5) is 10.5 Å². The van der Waals surface area contributed by atoms with Crippen LogP contribution in [0.2, 0.25) is 0 Å². The van der Waals surface area contributed by atoms with Gasteiger partial charge in [0.2, 0.25) is 5.56 Å². The molecule has 4 heterocycles. The number of benzene rings is 3. The lowest BCUT2D eigenvalue weighted by Crippen LogP contribution is -2.53. The topological polar surface area (TPSA) is 138 Å². The first kappa shape index (κ1) is 33.5.